The molecule has 0 saturated carbocycles. The predicted octanol–water partition coefficient (Wildman–Crippen LogP) is 3.17. The summed E-state index contributed by atoms with van der Waals surface area (Å²) in [5.74, 6) is 1.03. The van der Waals surface area contributed by atoms with Crippen molar-refractivity contribution in [2.75, 3.05) is 20.2 Å². The molecular formula is C19H21N3O. The summed E-state index contributed by atoms with van der Waals surface area (Å²) >= 11 is 0. The smallest absolute Gasteiger partial charge is 0.122 e. The van der Waals surface area contributed by atoms with Gasteiger partial charge in [0.25, 0.3) is 0 Å². The summed E-state index contributed by atoms with van der Waals surface area (Å²) in [4.78, 5) is 2.52. The number of nitrogens with one attached hydrogen (secondary N) is 1. The maximum Gasteiger partial charge on any atom is 0.122 e. The molecule has 1 aliphatic rings. The van der Waals surface area contributed by atoms with Crippen LogP contribution in [0.25, 0.3) is 10.9 Å². The van der Waals surface area contributed by atoms with E-state index in [2.05, 4.69) is 51.5 Å². The lowest BCUT2D eigenvalue weighted by Crippen LogP contribution is -2.25. The summed E-state index contributed by atoms with van der Waals surface area (Å²) in [6, 6.07) is 13.0. The summed E-state index contributed by atoms with van der Waals surface area (Å²) in [7, 11) is 1.76. The van der Waals surface area contributed by atoms with Crippen molar-refractivity contribution in [2.45, 2.75) is 19.4 Å². The summed E-state index contributed by atoms with van der Waals surface area (Å²) < 4.78 is 5.53. The highest BCUT2D eigenvalue weighted by Gasteiger charge is 2.17. The zero-order chi connectivity index (χ0) is 15.6. The molecular weight excluding hydrogens is 286 g/mol. The third-order valence-electron chi connectivity index (χ3n) is 4.74. The Labute approximate surface area is 136 Å². The molecule has 1 aromatic heterocycles. The second-order valence-electron chi connectivity index (χ2n) is 6.17. The number of fused-ring (bicyclic) bond motifs is 2. The summed E-state index contributed by atoms with van der Waals surface area (Å²) in [6.07, 6.45) is 4.00. The van der Waals surface area contributed by atoms with Gasteiger partial charge in [-0.2, -0.15) is 5.10 Å². The van der Waals surface area contributed by atoms with Gasteiger partial charge in [0.15, 0.2) is 0 Å². The lowest BCUT2D eigenvalue weighted by atomic mass is 10.0. The zero-order valence-corrected chi connectivity index (χ0v) is 13.4. The molecule has 0 fully saturated rings. The van der Waals surface area contributed by atoms with E-state index >= 15 is 0 Å². The number of hydrogen-bond donors (Lipinski definition) is 1. The first-order valence-corrected chi connectivity index (χ1v) is 8.12. The molecule has 3 aromatic rings. The van der Waals surface area contributed by atoms with Crippen molar-refractivity contribution >= 4 is 10.9 Å². The monoisotopic (exact) mass is 307 g/mol. The van der Waals surface area contributed by atoms with Gasteiger partial charge in [0.2, 0.25) is 0 Å². The average molecular weight is 307 g/mol. The number of rotatable bonds is 3. The van der Waals surface area contributed by atoms with Crippen LogP contribution in [0.3, 0.4) is 0 Å². The average Bonchev–Trinajstić information content (AvgIpc) is 2.95. The molecule has 1 N–H and O–H groups in total. The van der Waals surface area contributed by atoms with E-state index in [0.717, 1.165) is 43.7 Å². The van der Waals surface area contributed by atoms with E-state index in [4.69, 9.17) is 4.74 Å². The SMILES string of the molecule is COc1cccc2c1CCN(Cc1ccc3cn[nH]c3c1)CC2. The Morgan fingerprint density at radius 3 is 3.00 bits per heavy atom. The second-order valence-corrected chi connectivity index (χ2v) is 6.17. The molecule has 23 heavy (non-hydrogen) atoms. The minimum Gasteiger partial charge on any atom is -0.496 e. The normalized spacial score (nSPS) is 15.3. The fourth-order valence-corrected chi connectivity index (χ4v) is 3.48. The molecule has 0 spiro atoms. The number of nitrogens with zero attached hydrogens (tertiary/aromatic N) is 2. The van der Waals surface area contributed by atoms with Crippen molar-refractivity contribution in [3.05, 3.63) is 59.3 Å². The highest BCUT2D eigenvalue weighted by Crippen LogP contribution is 2.26. The van der Waals surface area contributed by atoms with Crippen LogP contribution in [0.2, 0.25) is 0 Å². The van der Waals surface area contributed by atoms with Crippen molar-refractivity contribution < 1.29 is 4.74 Å². The largest absolute Gasteiger partial charge is 0.496 e. The molecule has 1 aliphatic heterocycles. The molecule has 0 saturated heterocycles. The molecule has 4 nitrogen and oxygen atoms in total. The molecule has 0 amide bonds. The van der Waals surface area contributed by atoms with Gasteiger partial charge in [-0.3, -0.25) is 10.00 Å². The summed E-state index contributed by atoms with van der Waals surface area (Å²) in [5.41, 5.74) is 5.25. The Morgan fingerprint density at radius 1 is 1.17 bits per heavy atom. The van der Waals surface area contributed by atoms with E-state index in [1.165, 1.54) is 22.1 Å². The minimum absolute atomic E-state index is 0.977. The number of H-pyrrole nitrogens is 1. The topological polar surface area (TPSA) is 41.1 Å². The number of hydrogen-bond acceptors (Lipinski definition) is 3. The van der Waals surface area contributed by atoms with Crippen LogP contribution >= 0.6 is 0 Å². The Bertz CT molecular complexity index is 824. The highest BCUT2D eigenvalue weighted by atomic mass is 16.5. The lowest BCUT2D eigenvalue weighted by Gasteiger charge is -2.19. The molecule has 0 radical (unpaired) electrons. The third kappa shape index (κ3) is 2.82. The molecule has 0 unspecified atom stereocenters. The van der Waals surface area contributed by atoms with Gasteiger partial charge in [0.05, 0.1) is 18.8 Å². The summed E-state index contributed by atoms with van der Waals surface area (Å²) in [6.45, 7) is 3.13. The minimum atomic E-state index is 0.977. The fourth-order valence-electron chi connectivity index (χ4n) is 3.48. The van der Waals surface area contributed by atoms with E-state index in [9.17, 15) is 0 Å². The van der Waals surface area contributed by atoms with E-state index in [0.29, 0.717) is 0 Å². The predicted molar refractivity (Wildman–Crippen MR) is 91.8 cm³/mol. The molecule has 118 valence electrons. The molecule has 0 bridgehead atoms. The van der Waals surface area contributed by atoms with Gasteiger partial charge in [-0.1, -0.05) is 24.3 Å². The van der Waals surface area contributed by atoms with Gasteiger partial charge in [-0.25, -0.2) is 0 Å². The molecule has 0 atom stereocenters. The Balaban J connectivity index is 1.51. The van der Waals surface area contributed by atoms with Gasteiger partial charge in [-0.15, -0.1) is 0 Å². The Kier molecular flexibility index (Phi) is 3.75. The number of methoxy groups -OCH3 is 1. The standard InChI is InChI=1S/C19H21N3O/c1-23-19-4-2-3-15-7-9-22(10-8-17(15)19)13-14-5-6-16-12-20-21-18(16)11-14/h2-6,11-12H,7-10,13H2,1H3,(H,20,21). The number of ether oxygens (including phenoxy) is 1. The van der Waals surface area contributed by atoms with Crippen LogP contribution in [0.4, 0.5) is 0 Å². The third-order valence-corrected chi connectivity index (χ3v) is 4.74. The van der Waals surface area contributed by atoms with Crippen molar-refractivity contribution in [1.82, 2.24) is 15.1 Å². The first-order chi connectivity index (χ1) is 11.3. The van der Waals surface area contributed by atoms with Crippen molar-refractivity contribution in [3.8, 4) is 5.75 Å². The number of aromatic nitrogens is 2. The maximum absolute atomic E-state index is 5.53. The number of benzene rings is 2. The number of aromatic amines is 1. The van der Waals surface area contributed by atoms with E-state index in [1.807, 2.05) is 6.20 Å². The first kappa shape index (κ1) is 14.3. The van der Waals surface area contributed by atoms with Crippen LogP contribution < -0.4 is 4.74 Å². The molecule has 0 aliphatic carbocycles. The van der Waals surface area contributed by atoms with Crippen molar-refractivity contribution in [2.24, 2.45) is 0 Å². The van der Waals surface area contributed by atoms with Gasteiger partial charge in [-0.05, 0) is 41.7 Å². The highest BCUT2D eigenvalue weighted by molar-refractivity contribution is 5.78. The van der Waals surface area contributed by atoms with E-state index in [-0.39, 0.29) is 0 Å². The molecule has 4 rings (SSSR count). The van der Waals surface area contributed by atoms with Crippen LogP contribution in [0, 0.1) is 0 Å². The molecule has 4 heteroatoms. The van der Waals surface area contributed by atoms with E-state index in [1.54, 1.807) is 7.11 Å². The first-order valence-electron chi connectivity index (χ1n) is 8.12. The van der Waals surface area contributed by atoms with Gasteiger partial charge in [0, 0.05) is 25.0 Å². The van der Waals surface area contributed by atoms with Crippen LogP contribution in [0.5, 0.6) is 5.75 Å². The maximum atomic E-state index is 5.53. The van der Waals surface area contributed by atoms with Gasteiger partial charge in [0.1, 0.15) is 5.75 Å². The van der Waals surface area contributed by atoms with Crippen LogP contribution in [-0.4, -0.2) is 35.3 Å². The molecule has 2 aromatic carbocycles. The van der Waals surface area contributed by atoms with Crippen molar-refractivity contribution in [1.29, 1.82) is 0 Å². The summed E-state index contributed by atoms with van der Waals surface area (Å²) in [5, 5.41) is 8.32. The second kappa shape index (κ2) is 6.05. The lowest BCUT2D eigenvalue weighted by molar-refractivity contribution is 0.279. The quantitative estimate of drug-likeness (QED) is 0.808. The van der Waals surface area contributed by atoms with Crippen molar-refractivity contribution in [3.63, 3.8) is 0 Å². The van der Waals surface area contributed by atoms with E-state index < -0.39 is 0 Å². The van der Waals surface area contributed by atoms with Gasteiger partial charge >= 0.3 is 0 Å². The van der Waals surface area contributed by atoms with Gasteiger partial charge < -0.3 is 4.74 Å². The van der Waals surface area contributed by atoms with Crippen LogP contribution in [0.1, 0.15) is 16.7 Å². The molecule has 2 heterocycles. The Morgan fingerprint density at radius 2 is 2.09 bits per heavy atom. The zero-order valence-electron chi connectivity index (χ0n) is 13.4. The fraction of sp³-hybridized carbons (Fsp3) is 0.316. The van der Waals surface area contributed by atoms with Crippen LogP contribution in [0.15, 0.2) is 42.6 Å². The van der Waals surface area contributed by atoms with Crippen LogP contribution in [-0.2, 0) is 19.4 Å². The Hall–Kier alpha value is -2.33.